The molecule has 0 aliphatic carbocycles. The molecule has 0 saturated heterocycles. The molecule has 4 aromatic rings. The molecule has 4 rings (SSSR count). The number of benzene rings is 4. The molecule has 0 radical (unpaired) electrons. The zero-order valence-corrected chi connectivity index (χ0v) is 19.6. The van der Waals surface area contributed by atoms with E-state index in [-0.39, 0.29) is 18.3 Å². The molecule has 0 aliphatic rings. The van der Waals surface area contributed by atoms with Gasteiger partial charge in [-0.2, -0.15) is 10.4 Å². The zero-order chi connectivity index (χ0) is 23.8. The maximum atomic E-state index is 12.3. The Morgan fingerprint density at radius 1 is 1.03 bits per heavy atom. The van der Waals surface area contributed by atoms with Gasteiger partial charge in [0.1, 0.15) is 12.4 Å². The van der Waals surface area contributed by atoms with E-state index >= 15 is 0 Å². The fourth-order valence-electron chi connectivity index (χ4n) is 3.33. The number of carbonyl (C=O) groups is 1. The highest BCUT2D eigenvalue weighted by Gasteiger charge is 2.10. The van der Waals surface area contributed by atoms with Crippen molar-refractivity contribution in [1.29, 1.82) is 5.26 Å². The summed E-state index contributed by atoms with van der Waals surface area (Å²) < 4.78 is 6.08. The van der Waals surface area contributed by atoms with Crippen LogP contribution in [0, 0.1) is 11.3 Å². The van der Waals surface area contributed by atoms with Crippen LogP contribution in [0.5, 0.6) is 5.75 Å². The van der Waals surface area contributed by atoms with Crippen LogP contribution in [0.4, 0.5) is 0 Å². The van der Waals surface area contributed by atoms with Crippen LogP contribution in [0.15, 0.2) is 94.9 Å². The smallest absolute Gasteiger partial charge is 0.250 e. The first-order chi connectivity index (χ1) is 16.6. The van der Waals surface area contributed by atoms with Crippen molar-refractivity contribution < 1.29 is 9.53 Å². The van der Waals surface area contributed by atoms with Gasteiger partial charge < -0.3 is 4.74 Å². The van der Waals surface area contributed by atoms with Crippen LogP contribution in [-0.4, -0.2) is 17.9 Å². The summed E-state index contributed by atoms with van der Waals surface area (Å²) in [7, 11) is 0. The lowest BCUT2D eigenvalue weighted by Crippen LogP contribution is -2.19. The number of carbonyl (C=O) groups excluding carboxylic acids is 1. The van der Waals surface area contributed by atoms with Crippen molar-refractivity contribution in [3.05, 3.63) is 107 Å². The number of nitrogens with zero attached hydrogens (tertiary/aromatic N) is 2. The molecule has 168 valence electrons. The number of hydrazone groups is 1. The Labute approximate surface area is 207 Å². The second-order valence-corrected chi connectivity index (χ2v) is 8.78. The highest BCUT2D eigenvalue weighted by Crippen LogP contribution is 2.28. The Morgan fingerprint density at radius 2 is 1.79 bits per heavy atom. The van der Waals surface area contributed by atoms with Gasteiger partial charge in [-0.1, -0.05) is 60.1 Å². The Balaban J connectivity index is 1.48. The molecule has 0 spiro atoms. The molecule has 0 aromatic heterocycles. The largest absolute Gasteiger partial charge is 0.488 e. The van der Waals surface area contributed by atoms with E-state index in [2.05, 4.69) is 16.6 Å². The van der Waals surface area contributed by atoms with Crippen molar-refractivity contribution in [2.45, 2.75) is 11.5 Å². The SMILES string of the molecule is N#Cc1ccccc1COc1ccc2ccccc2c1/C=N\NC(=O)CSc1ccc(Cl)cc1. The lowest BCUT2D eigenvalue weighted by atomic mass is 10.0. The molecule has 34 heavy (non-hydrogen) atoms. The number of halogens is 1. The van der Waals surface area contributed by atoms with E-state index in [9.17, 15) is 10.1 Å². The van der Waals surface area contributed by atoms with E-state index in [1.54, 1.807) is 24.4 Å². The van der Waals surface area contributed by atoms with Crippen molar-refractivity contribution in [3.63, 3.8) is 0 Å². The molecular formula is C27H20ClN3O2S. The summed E-state index contributed by atoms with van der Waals surface area (Å²) in [4.78, 5) is 13.2. The first kappa shape index (κ1) is 23.4. The normalized spacial score (nSPS) is 10.8. The van der Waals surface area contributed by atoms with Crippen molar-refractivity contribution in [2.75, 3.05) is 5.75 Å². The summed E-state index contributed by atoms with van der Waals surface area (Å²) in [5, 5.41) is 16.1. The molecule has 4 aromatic carbocycles. The van der Waals surface area contributed by atoms with Gasteiger partial charge in [-0.25, -0.2) is 5.43 Å². The summed E-state index contributed by atoms with van der Waals surface area (Å²) in [6.07, 6.45) is 1.60. The molecule has 5 nitrogen and oxygen atoms in total. The molecule has 0 fully saturated rings. The zero-order valence-electron chi connectivity index (χ0n) is 18.1. The van der Waals surface area contributed by atoms with E-state index < -0.39 is 0 Å². The summed E-state index contributed by atoms with van der Waals surface area (Å²) in [6.45, 7) is 0.243. The van der Waals surface area contributed by atoms with Crippen LogP contribution in [0.3, 0.4) is 0 Å². The number of hydrogen-bond acceptors (Lipinski definition) is 5. The molecule has 0 heterocycles. The van der Waals surface area contributed by atoms with E-state index in [4.69, 9.17) is 16.3 Å². The Morgan fingerprint density at radius 3 is 2.62 bits per heavy atom. The van der Waals surface area contributed by atoms with Gasteiger partial charge in [-0.15, -0.1) is 11.8 Å². The van der Waals surface area contributed by atoms with Gasteiger partial charge in [0.25, 0.3) is 0 Å². The topological polar surface area (TPSA) is 74.5 Å². The van der Waals surface area contributed by atoms with Crippen LogP contribution >= 0.6 is 23.4 Å². The number of nitriles is 1. The number of rotatable bonds is 8. The standard InChI is InChI=1S/C27H20ClN3O2S/c28-22-10-12-23(13-11-22)34-18-27(32)31-30-16-25-24-8-4-3-5-19(24)9-14-26(25)33-17-21-7-2-1-6-20(21)15-29/h1-14,16H,17-18H2,(H,31,32)/b30-16-. The van der Waals surface area contributed by atoms with Crippen molar-refractivity contribution >= 4 is 46.3 Å². The second-order valence-electron chi connectivity index (χ2n) is 7.29. The van der Waals surface area contributed by atoms with Crippen molar-refractivity contribution in [1.82, 2.24) is 5.43 Å². The van der Waals surface area contributed by atoms with Gasteiger partial charge in [0.2, 0.25) is 5.91 Å². The first-order valence-electron chi connectivity index (χ1n) is 10.5. The van der Waals surface area contributed by atoms with E-state index in [1.165, 1.54) is 11.8 Å². The van der Waals surface area contributed by atoms with Gasteiger partial charge in [0.05, 0.1) is 23.6 Å². The minimum Gasteiger partial charge on any atom is -0.488 e. The fraction of sp³-hybridized carbons (Fsp3) is 0.0741. The van der Waals surface area contributed by atoms with E-state index in [0.717, 1.165) is 26.8 Å². The Kier molecular flexibility index (Phi) is 7.82. The Hall–Kier alpha value is -3.79. The van der Waals surface area contributed by atoms with E-state index in [1.807, 2.05) is 66.7 Å². The minimum atomic E-state index is -0.221. The molecule has 0 unspecified atom stereocenters. The van der Waals surface area contributed by atoms with Gasteiger partial charge in [0.15, 0.2) is 0 Å². The predicted octanol–water partition coefficient (Wildman–Crippen LogP) is 6.19. The van der Waals surface area contributed by atoms with Gasteiger partial charge in [0, 0.05) is 21.0 Å². The highest BCUT2D eigenvalue weighted by molar-refractivity contribution is 8.00. The summed E-state index contributed by atoms with van der Waals surface area (Å²) in [5.74, 6) is 0.616. The van der Waals surface area contributed by atoms with E-state index in [0.29, 0.717) is 16.3 Å². The molecule has 0 atom stereocenters. The maximum absolute atomic E-state index is 12.3. The average Bonchev–Trinajstić information content (AvgIpc) is 2.87. The highest BCUT2D eigenvalue weighted by atomic mass is 35.5. The number of ether oxygens (including phenoxy) is 1. The van der Waals surface area contributed by atoms with Gasteiger partial charge >= 0.3 is 0 Å². The molecule has 0 aliphatic heterocycles. The van der Waals surface area contributed by atoms with Gasteiger partial charge in [-0.3, -0.25) is 4.79 Å². The lowest BCUT2D eigenvalue weighted by molar-refractivity contribution is -0.118. The monoisotopic (exact) mass is 485 g/mol. The maximum Gasteiger partial charge on any atom is 0.250 e. The number of amides is 1. The van der Waals surface area contributed by atoms with Crippen LogP contribution in [0.2, 0.25) is 5.02 Å². The van der Waals surface area contributed by atoms with Crippen molar-refractivity contribution in [2.24, 2.45) is 5.10 Å². The average molecular weight is 486 g/mol. The Bertz CT molecular complexity index is 1380. The predicted molar refractivity (Wildman–Crippen MR) is 137 cm³/mol. The summed E-state index contributed by atoms with van der Waals surface area (Å²) in [5.41, 5.74) is 4.70. The number of nitrogens with one attached hydrogen (secondary N) is 1. The van der Waals surface area contributed by atoms with Crippen molar-refractivity contribution in [3.8, 4) is 11.8 Å². The third-order valence-electron chi connectivity index (χ3n) is 5.02. The van der Waals surface area contributed by atoms with Crippen LogP contribution in [0.25, 0.3) is 10.8 Å². The van der Waals surface area contributed by atoms with Gasteiger partial charge in [-0.05, 0) is 47.2 Å². The number of hydrogen-bond donors (Lipinski definition) is 1. The minimum absolute atomic E-state index is 0.221. The third-order valence-corrected chi connectivity index (χ3v) is 6.28. The fourth-order valence-corrected chi connectivity index (χ4v) is 4.14. The summed E-state index contributed by atoms with van der Waals surface area (Å²) >= 11 is 7.30. The molecular weight excluding hydrogens is 466 g/mol. The van der Waals surface area contributed by atoms with Crippen LogP contribution < -0.4 is 10.2 Å². The number of thioether (sulfide) groups is 1. The molecule has 0 saturated carbocycles. The molecule has 0 bridgehead atoms. The lowest BCUT2D eigenvalue weighted by Gasteiger charge is -2.12. The second kappa shape index (κ2) is 11.4. The third kappa shape index (κ3) is 5.96. The quantitative estimate of drug-likeness (QED) is 0.183. The molecule has 1 amide bonds. The van der Waals surface area contributed by atoms with Crippen LogP contribution in [0.1, 0.15) is 16.7 Å². The van der Waals surface area contributed by atoms with Crippen LogP contribution in [-0.2, 0) is 11.4 Å². The summed E-state index contributed by atoms with van der Waals surface area (Å²) in [6, 6.07) is 28.6. The molecule has 1 N–H and O–H groups in total. The first-order valence-corrected chi connectivity index (χ1v) is 11.8. The molecule has 7 heteroatoms. The number of fused-ring (bicyclic) bond motifs is 1.